The van der Waals surface area contributed by atoms with Crippen LogP contribution in [-0.2, 0) is 20.9 Å². The SMILES string of the molecule is COc1ccc(CNC(=O)C(=O)N2CCOCC2)cc1OC. The van der Waals surface area contributed by atoms with Crippen LogP contribution in [0.5, 0.6) is 11.5 Å². The molecule has 0 saturated carbocycles. The van der Waals surface area contributed by atoms with E-state index in [-0.39, 0.29) is 6.54 Å². The van der Waals surface area contributed by atoms with E-state index in [1.165, 1.54) is 4.90 Å². The quantitative estimate of drug-likeness (QED) is 0.803. The van der Waals surface area contributed by atoms with E-state index in [0.29, 0.717) is 37.8 Å². The summed E-state index contributed by atoms with van der Waals surface area (Å²) in [5.74, 6) is 0.0520. The van der Waals surface area contributed by atoms with Gasteiger partial charge < -0.3 is 24.4 Å². The number of hydrogen-bond acceptors (Lipinski definition) is 5. The zero-order chi connectivity index (χ0) is 15.9. The predicted octanol–water partition coefficient (Wildman–Crippen LogP) is 0.179. The van der Waals surface area contributed by atoms with E-state index in [1.54, 1.807) is 32.4 Å². The molecule has 0 unspecified atom stereocenters. The topological polar surface area (TPSA) is 77.1 Å². The minimum absolute atomic E-state index is 0.245. The highest BCUT2D eigenvalue weighted by atomic mass is 16.5. The van der Waals surface area contributed by atoms with Gasteiger partial charge in [0.05, 0.1) is 27.4 Å². The van der Waals surface area contributed by atoms with Crippen molar-refractivity contribution in [2.45, 2.75) is 6.54 Å². The Balaban J connectivity index is 1.91. The molecule has 1 aromatic rings. The Kier molecular flexibility index (Phi) is 5.60. The molecule has 1 aliphatic rings. The van der Waals surface area contributed by atoms with Crippen molar-refractivity contribution in [1.29, 1.82) is 0 Å². The molecule has 0 aromatic heterocycles. The van der Waals surface area contributed by atoms with Crippen molar-refractivity contribution in [3.63, 3.8) is 0 Å². The first-order chi connectivity index (χ1) is 10.7. The van der Waals surface area contributed by atoms with Crippen molar-refractivity contribution in [2.75, 3.05) is 40.5 Å². The second-order valence-corrected chi connectivity index (χ2v) is 4.78. The molecule has 0 radical (unpaired) electrons. The number of amides is 2. The van der Waals surface area contributed by atoms with Crippen molar-refractivity contribution < 1.29 is 23.8 Å². The van der Waals surface area contributed by atoms with Gasteiger partial charge in [-0.25, -0.2) is 0 Å². The van der Waals surface area contributed by atoms with Crippen LogP contribution >= 0.6 is 0 Å². The molecule has 2 amide bonds. The molecule has 2 rings (SSSR count). The predicted molar refractivity (Wildman–Crippen MR) is 78.8 cm³/mol. The normalized spacial score (nSPS) is 14.4. The van der Waals surface area contributed by atoms with Crippen molar-refractivity contribution in [2.24, 2.45) is 0 Å². The average Bonchev–Trinajstić information content (AvgIpc) is 2.59. The van der Waals surface area contributed by atoms with E-state index < -0.39 is 11.8 Å². The van der Waals surface area contributed by atoms with Gasteiger partial charge in [0, 0.05) is 19.6 Å². The fraction of sp³-hybridized carbons (Fsp3) is 0.467. The summed E-state index contributed by atoms with van der Waals surface area (Å²) in [6.45, 7) is 2.07. The molecule has 7 heteroatoms. The van der Waals surface area contributed by atoms with E-state index in [1.807, 2.05) is 0 Å². The molecule has 1 aromatic carbocycles. The van der Waals surface area contributed by atoms with E-state index >= 15 is 0 Å². The van der Waals surface area contributed by atoms with Crippen molar-refractivity contribution in [3.8, 4) is 11.5 Å². The second kappa shape index (κ2) is 7.65. The summed E-state index contributed by atoms with van der Waals surface area (Å²) < 4.78 is 15.5. The molecule has 22 heavy (non-hydrogen) atoms. The summed E-state index contributed by atoms with van der Waals surface area (Å²) in [5, 5.41) is 2.62. The highest BCUT2D eigenvalue weighted by Crippen LogP contribution is 2.27. The summed E-state index contributed by atoms with van der Waals surface area (Å²) in [7, 11) is 3.10. The number of benzene rings is 1. The third kappa shape index (κ3) is 3.88. The van der Waals surface area contributed by atoms with E-state index in [4.69, 9.17) is 14.2 Å². The van der Waals surface area contributed by atoms with Crippen LogP contribution < -0.4 is 14.8 Å². The van der Waals surface area contributed by atoms with Gasteiger partial charge in [-0.05, 0) is 17.7 Å². The zero-order valence-electron chi connectivity index (χ0n) is 12.8. The molecule has 1 heterocycles. The Labute approximate surface area is 129 Å². The van der Waals surface area contributed by atoms with Gasteiger partial charge in [0.1, 0.15) is 0 Å². The molecule has 0 aliphatic carbocycles. The number of carbonyl (C=O) groups is 2. The molecule has 1 N–H and O–H groups in total. The number of hydrogen-bond donors (Lipinski definition) is 1. The zero-order valence-corrected chi connectivity index (χ0v) is 12.8. The minimum Gasteiger partial charge on any atom is -0.493 e. The van der Waals surface area contributed by atoms with Gasteiger partial charge in [0.2, 0.25) is 0 Å². The molecule has 0 atom stereocenters. The molecule has 0 spiro atoms. The lowest BCUT2D eigenvalue weighted by atomic mass is 10.2. The van der Waals surface area contributed by atoms with E-state index in [9.17, 15) is 9.59 Å². The van der Waals surface area contributed by atoms with Crippen LogP contribution in [0.3, 0.4) is 0 Å². The smallest absolute Gasteiger partial charge is 0.312 e. The van der Waals surface area contributed by atoms with Crippen LogP contribution in [-0.4, -0.2) is 57.2 Å². The number of methoxy groups -OCH3 is 2. The fourth-order valence-electron chi connectivity index (χ4n) is 2.16. The summed E-state index contributed by atoms with van der Waals surface area (Å²) in [6.07, 6.45) is 0. The highest BCUT2D eigenvalue weighted by molar-refractivity contribution is 6.34. The number of nitrogens with one attached hydrogen (secondary N) is 1. The molecule has 1 fully saturated rings. The lowest BCUT2D eigenvalue weighted by Gasteiger charge is -2.26. The fourth-order valence-corrected chi connectivity index (χ4v) is 2.16. The number of rotatable bonds is 4. The Morgan fingerprint density at radius 2 is 1.86 bits per heavy atom. The summed E-state index contributed by atoms with van der Waals surface area (Å²) >= 11 is 0. The first-order valence-electron chi connectivity index (χ1n) is 7.01. The average molecular weight is 308 g/mol. The third-order valence-electron chi connectivity index (χ3n) is 3.39. The number of carbonyl (C=O) groups excluding carboxylic acids is 2. The van der Waals surface area contributed by atoms with Crippen LogP contribution in [0.15, 0.2) is 18.2 Å². The second-order valence-electron chi connectivity index (χ2n) is 4.78. The molecular weight excluding hydrogens is 288 g/mol. The Morgan fingerprint density at radius 3 is 2.50 bits per heavy atom. The lowest BCUT2D eigenvalue weighted by molar-refractivity contribution is -0.148. The van der Waals surface area contributed by atoms with Crippen LogP contribution in [0, 0.1) is 0 Å². The lowest BCUT2D eigenvalue weighted by Crippen LogP contribution is -2.47. The Bertz CT molecular complexity index is 541. The van der Waals surface area contributed by atoms with Gasteiger partial charge in [0.25, 0.3) is 0 Å². The van der Waals surface area contributed by atoms with Crippen LogP contribution in [0.4, 0.5) is 0 Å². The van der Waals surface area contributed by atoms with Gasteiger partial charge in [-0.2, -0.15) is 0 Å². The molecule has 0 bridgehead atoms. The summed E-state index contributed by atoms with van der Waals surface area (Å²) in [6, 6.07) is 5.32. The number of ether oxygens (including phenoxy) is 3. The summed E-state index contributed by atoms with van der Waals surface area (Å²) in [5.41, 5.74) is 0.820. The Morgan fingerprint density at radius 1 is 1.18 bits per heavy atom. The Hall–Kier alpha value is -2.28. The van der Waals surface area contributed by atoms with Crippen LogP contribution in [0.25, 0.3) is 0 Å². The maximum absolute atomic E-state index is 12.0. The van der Waals surface area contributed by atoms with Crippen LogP contribution in [0.1, 0.15) is 5.56 Å². The van der Waals surface area contributed by atoms with Gasteiger partial charge in [-0.3, -0.25) is 9.59 Å². The first-order valence-corrected chi connectivity index (χ1v) is 7.01. The standard InChI is InChI=1S/C15H20N2O5/c1-20-12-4-3-11(9-13(12)21-2)10-16-14(18)15(19)17-5-7-22-8-6-17/h3-4,9H,5-8,10H2,1-2H3,(H,16,18). The number of nitrogens with zero attached hydrogens (tertiary/aromatic N) is 1. The molecular formula is C15H20N2O5. The van der Waals surface area contributed by atoms with Gasteiger partial charge in [-0.1, -0.05) is 6.07 Å². The molecule has 1 aliphatic heterocycles. The molecule has 120 valence electrons. The van der Waals surface area contributed by atoms with Crippen LogP contribution in [0.2, 0.25) is 0 Å². The maximum Gasteiger partial charge on any atom is 0.312 e. The van der Waals surface area contributed by atoms with Crippen molar-refractivity contribution in [3.05, 3.63) is 23.8 Å². The van der Waals surface area contributed by atoms with Gasteiger partial charge in [0.15, 0.2) is 11.5 Å². The minimum atomic E-state index is -0.614. The molecule has 7 nitrogen and oxygen atoms in total. The van der Waals surface area contributed by atoms with E-state index in [2.05, 4.69) is 5.32 Å². The van der Waals surface area contributed by atoms with Gasteiger partial charge in [-0.15, -0.1) is 0 Å². The molecule has 1 saturated heterocycles. The largest absolute Gasteiger partial charge is 0.493 e. The first kappa shape index (κ1) is 16.1. The van der Waals surface area contributed by atoms with Gasteiger partial charge >= 0.3 is 11.8 Å². The van der Waals surface area contributed by atoms with Crippen molar-refractivity contribution >= 4 is 11.8 Å². The third-order valence-corrected chi connectivity index (χ3v) is 3.39. The summed E-state index contributed by atoms with van der Waals surface area (Å²) in [4.78, 5) is 25.3. The van der Waals surface area contributed by atoms with Crippen molar-refractivity contribution in [1.82, 2.24) is 10.2 Å². The monoisotopic (exact) mass is 308 g/mol. The van der Waals surface area contributed by atoms with E-state index in [0.717, 1.165) is 5.56 Å². The number of morpholine rings is 1. The highest BCUT2D eigenvalue weighted by Gasteiger charge is 2.23. The maximum atomic E-state index is 12.0.